The van der Waals surface area contributed by atoms with Crippen molar-refractivity contribution in [2.24, 2.45) is 4.99 Å². The number of hydrogen-bond donors (Lipinski definition) is 1. The lowest BCUT2D eigenvalue weighted by Gasteiger charge is -2.28. The van der Waals surface area contributed by atoms with Crippen molar-refractivity contribution >= 4 is 12.0 Å². The predicted molar refractivity (Wildman–Crippen MR) is 116 cm³/mol. The molecule has 0 bridgehead atoms. The maximum Gasteiger partial charge on any atom is 0.156 e. The first-order chi connectivity index (χ1) is 13.7. The number of hydrogen-bond acceptors (Lipinski definition) is 4. The molecule has 0 radical (unpaired) electrons. The molecule has 0 aromatic heterocycles. The van der Waals surface area contributed by atoms with Crippen LogP contribution in [-0.4, -0.2) is 17.1 Å². The average molecular weight is 384 g/mol. The summed E-state index contributed by atoms with van der Waals surface area (Å²) in [5.41, 5.74) is 6.66. The molecule has 0 saturated heterocycles. The number of carbonyl (C=O) groups is 1. The van der Waals surface area contributed by atoms with Crippen molar-refractivity contribution in [3.63, 3.8) is 0 Å². The zero-order chi connectivity index (χ0) is 21.3. The Morgan fingerprint density at radius 1 is 1.28 bits per heavy atom. The number of rotatable bonds is 2. The minimum absolute atomic E-state index is 0.0454. The Labute approximate surface area is 171 Å². The van der Waals surface area contributed by atoms with Gasteiger partial charge in [-0.15, -0.1) is 0 Å². The van der Waals surface area contributed by atoms with E-state index in [9.17, 15) is 15.2 Å². The normalized spacial score (nSPS) is 19.6. The van der Waals surface area contributed by atoms with Gasteiger partial charge < -0.3 is 5.11 Å². The minimum atomic E-state index is -0.488. The largest absolute Gasteiger partial charge is 0.508 e. The molecule has 0 fully saturated rings. The van der Waals surface area contributed by atoms with Crippen molar-refractivity contribution in [1.82, 2.24) is 0 Å². The lowest BCUT2D eigenvalue weighted by Crippen LogP contribution is -2.19. The van der Waals surface area contributed by atoms with Crippen LogP contribution in [0.15, 0.2) is 81.2 Å². The molecule has 3 rings (SSSR count). The van der Waals surface area contributed by atoms with Crippen molar-refractivity contribution in [2.75, 3.05) is 0 Å². The summed E-state index contributed by atoms with van der Waals surface area (Å²) in [6.07, 6.45) is 5.83. The van der Waals surface area contributed by atoms with Gasteiger partial charge in [0.15, 0.2) is 5.78 Å². The van der Waals surface area contributed by atoms with Crippen molar-refractivity contribution in [2.45, 2.75) is 40.0 Å². The molecule has 1 atom stereocenters. The zero-order valence-electron chi connectivity index (χ0n) is 17.2. The second-order valence-electron chi connectivity index (χ2n) is 7.58. The Hall–Kier alpha value is -3.45. The second-order valence-corrected chi connectivity index (χ2v) is 7.58. The number of aryl methyl sites for hydroxylation is 1. The van der Waals surface area contributed by atoms with E-state index in [1.165, 1.54) is 0 Å². The topological polar surface area (TPSA) is 73.4 Å². The smallest absolute Gasteiger partial charge is 0.156 e. The van der Waals surface area contributed by atoms with Crippen molar-refractivity contribution in [1.29, 1.82) is 5.26 Å². The summed E-state index contributed by atoms with van der Waals surface area (Å²) in [5, 5.41) is 20.3. The quantitative estimate of drug-likeness (QED) is 0.727. The Kier molecular flexibility index (Phi) is 5.52. The Balaban J connectivity index is 2.44. The summed E-state index contributed by atoms with van der Waals surface area (Å²) < 4.78 is 0. The summed E-state index contributed by atoms with van der Waals surface area (Å²) in [5.74, 6) is -0.480. The monoisotopic (exact) mass is 384 g/mol. The van der Waals surface area contributed by atoms with Crippen LogP contribution in [-0.2, 0) is 4.79 Å². The van der Waals surface area contributed by atoms with Crippen LogP contribution in [0, 0.1) is 18.3 Å². The van der Waals surface area contributed by atoms with E-state index in [0.717, 1.165) is 22.3 Å². The first-order valence-corrected chi connectivity index (χ1v) is 9.51. The molecule has 1 aliphatic carbocycles. The van der Waals surface area contributed by atoms with Crippen LogP contribution in [0.2, 0.25) is 0 Å². The first kappa shape index (κ1) is 20.3. The number of ketones is 1. The van der Waals surface area contributed by atoms with Gasteiger partial charge in [0.1, 0.15) is 5.76 Å². The highest BCUT2D eigenvalue weighted by molar-refractivity contribution is 5.97. The van der Waals surface area contributed by atoms with Crippen LogP contribution in [0.4, 0.5) is 0 Å². The summed E-state index contributed by atoms with van der Waals surface area (Å²) in [6.45, 7) is 11.3. The van der Waals surface area contributed by atoms with Gasteiger partial charge in [-0.05, 0) is 68.2 Å². The molecule has 1 heterocycles. The van der Waals surface area contributed by atoms with Gasteiger partial charge in [0.05, 0.1) is 17.3 Å². The third-order valence-corrected chi connectivity index (χ3v) is 5.37. The van der Waals surface area contributed by atoms with E-state index in [-0.39, 0.29) is 11.5 Å². The van der Waals surface area contributed by atoms with Gasteiger partial charge in [0, 0.05) is 29.7 Å². The SMILES string of the molecule is C=C1C=C(C)C2=C(C(O)=C1)[C@H](c1ccc(C#N)cc1C)C(C(C)=O)=C(C)CC=N2. The van der Waals surface area contributed by atoms with Gasteiger partial charge in [-0.2, -0.15) is 5.26 Å². The highest BCUT2D eigenvalue weighted by Crippen LogP contribution is 2.44. The second kappa shape index (κ2) is 7.89. The van der Waals surface area contributed by atoms with Gasteiger partial charge in [-0.25, -0.2) is 0 Å². The maximum absolute atomic E-state index is 12.8. The average Bonchev–Trinajstić information content (AvgIpc) is 2.73. The van der Waals surface area contributed by atoms with Gasteiger partial charge in [0.25, 0.3) is 0 Å². The maximum atomic E-state index is 12.8. The molecular weight excluding hydrogens is 360 g/mol. The molecule has 4 heteroatoms. The van der Waals surface area contributed by atoms with Gasteiger partial charge >= 0.3 is 0 Å². The number of nitriles is 1. The molecule has 29 heavy (non-hydrogen) atoms. The number of Topliss-reactive ketones (excluding diaryl/α,β-unsaturated/α-hetero) is 1. The molecule has 1 aromatic carbocycles. The van der Waals surface area contributed by atoms with Crippen LogP contribution in [0.3, 0.4) is 0 Å². The molecule has 4 nitrogen and oxygen atoms in total. The molecule has 2 aliphatic rings. The summed E-state index contributed by atoms with van der Waals surface area (Å²) >= 11 is 0. The molecule has 0 unspecified atom stereocenters. The molecule has 1 N–H and O–H groups in total. The summed E-state index contributed by atoms with van der Waals surface area (Å²) in [7, 11) is 0. The fourth-order valence-electron chi connectivity index (χ4n) is 4.09. The molecule has 146 valence electrons. The first-order valence-electron chi connectivity index (χ1n) is 9.51. The third kappa shape index (κ3) is 3.77. The molecule has 0 amide bonds. The van der Waals surface area contributed by atoms with Gasteiger partial charge in [-0.1, -0.05) is 24.3 Å². The number of aliphatic hydroxyl groups excluding tert-OH is 1. The van der Waals surface area contributed by atoms with Crippen molar-refractivity contribution < 1.29 is 9.90 Å². The fourth-order valence-corrected chi connectivity index (χ4v) is 4.09. The van der Waals surface area contributed by atoms with Crippen LogP contribution in [0.25, 0.3) is 0 Å². The number of aliphatic hydroxyl groups is 1. The van der Waals surface area contributed by atoms with E-state index in [1.54, 1.807) is 25.3 Å². The molecule has 0 saturated carbocycles. The molecule has 1 aromatic rings. The number of carbonyl (C=O) groups excluding carboxylic acids is 1. The van der Waals surface area contributed by atoms with E-state index in [1.807, 2.05) is 39.0 Å². The third-order valence-electron chi connectivity index (χ3n) is 5.37. The van der Waals surface area contributed by atoms with E-state index in [4.69, 9.17) is 0 Å². The Morgan fingerprint density at radius 3 is 2.62 bits per heavy atom. The van der Waals surface area contributed by atoms with Gasteiger partial charge in [0.2, 0.25) is 0 Å². The molecule has 0 spiro atoms. The highest BCUT2D eigenvalue weighted by atomic mass is 16.3. The Morgan fingerprint density at radius 2 is 2.00 bits per heavy atom. The lowest BCUT2D eigenvalue weighted by molar-refractivity contribution is -0.113. The number of allylic oxidation sites excluding steroid dienone is 7. The van der Waals surface area contributed by atoms with E-state index in [2.05, 4.69) is 17.6 Å². The number of benzene rings is 1. The van der Waals surface area contributed by atoms with Crippen LogP contribution in [0.1, 0.15) is 49.8 Å². The van der Waals surface area contributed by atoms with E-state index >= 15 is 0 Å². The summed E-state index contributed by atoms with van der Waals surface area (Å²) in [6, 6.07) is 7.58. The van der Waals surface area contributed by atoms with Crippen LogP contribution < -0.4 is 0 Å². The number of nitrogens with zero attached hydrogens (tertiary/aromatic N) is 2. The van der Waals surface area contributed by atoms with E-state index < -0.39 is 5.92 Å². The molecule has 1 aliphatic heterocycles. The summed E-state index contributed by atoms with van der Waals surface area (Å²) in [4.78, 5) is 17.5. The highest BCUT2D eigenvalue weighted by Gasteiger charge is 2.33. The minimum Gasteiger partial charge on any atom is -0.508 e. The van der Waals surface area contributed by atoms with Crippen LogP contribution >= 0.6 is 0 Å². The molecular formula is C25H24N2O2. The van der Waals surface area contributed by atoms with E-state index in [0.29, 0.717) is 34.4 Å². The van der Waals surface area contributed by atoms with Crippen molar-refractivity contribution in [3.8, 4) is 6.07 Å². The van der Waals surface area contributed by atoms with Crippen LogP contribution in [0.5, 0.6) is 0 Å². The lowest BCUT2D eigenvalue weighted by atomic mass is 9.76. The van der Waals surface area contributed by atoms with Gasteiger partial charge in [-0.3, -0.25) is 9.79 Å². The standard InChI is InChI=1S/C25H24N2O2/c1-14-10-17(4)25-24(21(29)11-14)23(20-7-6-19(13-26)12-16(20)3)22(18(5)28)15(2)8-9-27-25/h6-7,9-12,23,29H,1,8H2,2-5H3/t23-/m1/s1. The fraction of sp³-hybridized carbons (Fsp3) is 0.240. The zero-order valence-corrected chi connectivity index (χ0v) is 17.2. The Bertz CT molecular complexity index is 1120. The van der Waals surface area contributed by atoms with Crippen molar-refractivity contribution in [3.05, 3.63) is 92.9 Å². The predicted octanol–water partition coefficient (Wildman–Crippen LogP) is 5.54. The number of aliphatic imine (C=N–C) groups is 1.